The zero-order valence-electron chi connectivity index (χ0n) is 17.7. The number of rotatable bonds is 5. The number of amides is 1. The molecule has 0 saturated carbocycles. The second kappa shape index (κ2) is 7.76. The van der Waals surface area contributed by atoms with Crippen LogP contribution in [0.4, 0.5) is 5.69 Å². The van der Waals surface area contributed by atoms with Gasteiger partial charge in [0.25, 0.3) is 5.91 Å². The molecule has 8 nitrogen and oxygen atoms in total. The van der Waals surface area contributed by atoms with Gasteiger partial charge in [-0.2, -0.15) is 0 Å². The van der Waals surface area contributed by atoms with Gasteiger partial charge < -0.3 is 26.6 Å². The summed E-state index contributed by atoms with van der Waals surface area (Å²) in [6, 6.07) is 18.6. The average Bonchev–Trinajstić information content (AvgIpc) is 3.22. The largest absolute Gasteiger partial charge is 0.497 e. The van der Waals surface area contributed by atoms with Crippen molar-refractivity contribution in [3.05, 3.63) is 71.9 Å². The van der Waals surface area contributed by atoms with E-state index in [4.69, 9.17) is 26.6 Å². The normalized spacial score (nSPS) is 11.1. The Labute approximate surface area is 188 Å². The number of pyridine rings is 2. The third kappa shape index (κ3) is 3.34. The number of anilines is 1. The number of carbonyl (C=O) groups excluding carboxylic acids is 1. The zero-order chi connectivity index (χ0) is 23.1. The lowest BCUT2D eigenvalue weighted by Gasteiger charge is -2.08. The van der Waals surface area contributed by atoms with Crippen LogP contribution in [0.2, 0.25) is 0 Å². The summed E-state index contributed by atoms with van der Waals surface area (Å²) in [6.07, 6.45) is 1.21. The van der Waals surface area contributed by atoms with Crippen molar-refractivity contribution in [1.82, 2.24) is 15.0 Å². The van der Waals surface area contributed by atoms with Crippen LogP contribution in [0.5, 0.6) is 5.75 Å². The monoisotopic (exact) mass is 436 g/mol. The van der Waals surface area contributed by atoms with E-state index in [0.29, 0.717) is 33.5 Å². The fourth-order valence-electron chi connectivity index (χ4n) is 4.02. The lowest BCUT2D eigenvalue weighted by Crippen LogP contribution is -2.14. The molecule has 0 fully saturated rings. The molecule has 8 heteroatoms. The van der Waals surface area contributed by atoms with Crippen LogP contribution in [0, 0.1) is 5.41 Å². The first-order valence-corrected chi connectivity index (χ1v) is 10.2. The number of nitrogen functional groups attached to an aromatic ring is 1. The fraction of sp³-hybridized carbons (Fsp3) is 0.0400. The van der Waals surface area contributed by atoms with Crippen molar-refractivity contribution in [3.63, 3.8) is 0 Å². The first-order chi connectivity index (χ1) is 16.0. The number of benzene rings is 2. The Morgan fingerprint density at radius 1 is 1.03 bits per heavy atom. The van der Waals surface area contributed by atoms with Crippen molar-refractivity contribution in [2.24, 2.45) is 5.73 Å². The number of primary amides is 1. The number of methoxy groups -OCH3 is 1. The smallest absolute Gasteiger partial charge is 0.269 e. The summed E-state index contributed by atoms with van der Waals surface area (Å²) in [7, 11) is 1.62. The molecular formula is C25H20N6O2. The molecule has 0 atom stereocenters. The molecule has 0 bridgehead atoms. The maximum atomic E-state index is 12.3. The number of hydrogen-bond acceptors (Lipinski definition) is 6. The molecule has 0 aliphatic heterocycles. The van der Waals surface area contributed by atoms with Crippen LogP contribution in [0.1, 0.15) is 16.1 Å². The van der Waals surface area contributed by atoms with E-state index >= 15 is 0 Å². The molecule has 1 amide bonds. The van der Waals surface area contributed by atoms with E-state index in [9.17, 15) is 4.79 Å². The van der Waals surface area contributed by atoms with Gasteiger partial charge in [-0.15, -0.1) is 0 Å². The van der Waals surface area contributed by atoms with Crippen LogP contribution in [0.3, 0.4) is 0 Å². The maximum Gasteiger partial charge on any atom is 0.269 e. The number of H-pyrrole nitrogens is 1. The number of nitrogens with two attached hydrogens (primary N) is 2. The molecule has 0 aliphatic rings. The Bertz CT molecular complexity index is 1570. The van der Waals surface area contributed by atoms with E-state index in [0.717, 1.165) is 27.9 Å². The predicted octanol–water partition coefficient (Wildman–Crippen LogP) is 4.13. The van der Waals surface area contributed by atoms with Crippen LogP contribution < -0.4 is 16.2 Å². The first kappa shape index (κ1) is 20.2. The molecule has 0 radical (unpaired) electrons. The molecule has 0 unspecified atom stereocenters. The molecule has 5 rings (SSSR count). The van der Waals surface area contributed by atoms with Crippen molar-refractivity contribution in [2.75, 3.05) is 12.8 Å². The van der Waals surface area contributed by atoms with Gasteiger partial charge in [-0.05, 0) is 42.5 Å². The number of aromatic nitrogens is 3. The van der Waals surface area contributed by atoms with Gasteiger partial charge in [0, 0.05) is 39.3 Å². The van der Waals surface area contributed by atoms with E-state index in [-0.39, 0.29) is 5.69 Å². The van der Waals surface area contributed by atoms with Crippen LogP contribution in [-0.4, -0.2) is 34.2 Å². The Hall–Kier alpha value is -4.72. The van der Waals surface area contributed by atoms with E-state index in [1.54, 1.807) is 13.2 Å². The van der Waals surface area contributed by atoms with Crippen molar-refractivity contribution in [3.8, 4) is 28.4 Å². The number of carbonyl (C=O) groups is 1. The Morgan fingerprint density at radius 2 is 1.82 bits per heavy atom. The summed E-state index contributed by atoms with van der Waals surface area (Å²) in [6.45, 7) is 0. The molecule has 0 aliphatic carbocycles. The summed E-state index contributed by atoms with van der Waals surface area (Å²) >= 11 is 0. The summed E-state index contributed by atoms with van der Waals surface area (Å²) in [5.74, 6) is 0.0625. The highest BCUT2D eigenvalue weighted by Gasteiger charge is 2.19. The van der Waals surface area contributed by atoms with E-state index in [2.05, 4.69) is 9.97 Å². The van der Waals surface area contributed by atoms with Gasteiger partial charge in [0.05, 0.1) is 29.7 Å². The van der Waals surface area contributed by atoms with Gasteiger partial charge in [0.1, 0.15) is 5.75 Å². The molecule has 3 heterocycles. The predicted molar refractivity (Wildman–Crippen MR) is 130 cm³/mol. The molecular weight excluding hydrogens is 416 g/mol. The van der Waals surface area contributed by atoms with E-state index < -0.39 is 5.91 Å². The number of nitrogens with one attached hydrogen (secondary N) is 2. The molecule has 3 aromatic heterocycles. The van der Waals surface area contributed by atoms with Crippen LogP contribution in [-0.2, 0) is 0 Å². The van der Waals surface area contributed by atoms with Gasteiger partial charge in [-0.25, -0.2) is 9.97 Å². The third-order valence-corrected chi connectivity index (χ3v) is 5.58. The van der Waals surface area contributed by atoms with Crippen LogP contribution >= 0.6 is 0 Å². The van der Waals surface area contributed by atoms with Gasteiger partial charge in [0.15, 0.2) is 5.69 Å². The van der Waals surface area contributed by atoms with Gasteiger partial charge >= 0.3 is 0 Å². The first-order valence-electron chi connectivity index (χ1n) is 10.2. The minimum Gasteiger partial charge on any atom is -0.497 e. The van der Waals surface area contributed by atoms with Crippen LogP contribution in [0.25, 0.3) is 44.5 Å². The highest BCUT2D eigenvalue weighted by molar-refractivity contribution is 6.20. The molecule has 6 N–H and O–H groups in total. The fourth-order valence-corrected chi connectivity index (χ4v) is 4.02. The summed E-state index contributed by atoms with van der Waals surface area (Å²) < 4.78 is 5.32. The number of hydrogen-bond donors (Lipinski definition) is 4. The van der Waals surface area contributed by atoms with E-state index in [1.165, 1.54) is 6.21 Å². The van der Waals surface area contributed by atoms with Gasteiger partial charge in [-0.1, -0.05) is 18.2 Å². The molecule has 33 heavy (non-hydrogen) atoms. The molecule has 0 spiro atoms. The third-order valence-electron chi connectivity index (χ3n) is 5.58. The maximum absolute atomic E-state index is 12.3. The Balaban J connectivity index is 1.77. The Kier molecular flexibility index (Phi) is 4.75. The number of nitrogens with zero attached hydrogens (tertiary/aromatic N) is 2. The standard InChI is InChI=1S/C25H20N6O2/c1-33-14-5-2-4-13(10-14)18-6-3-7-19(29-18)21-11-15-22-16(12-26)17(27)8-9-20(22)30-23(15)24(31-21)25(28)32/h2-12,26,30H,27H2,1H3,(H2,28,32). The lowest BCUT2D eigenvalue weighted by atomic mass is 10.0. The number of ether oxygens (including phenoxy) is 1. The summed E-state index contributed by atoms with van der Waals surface area (Å²) in [5.41, 5.74) is 16.8. The highest BCUT2D eigenvalue weighted by atomic mass is 16.5. The summed E-state index contributed by atoms with van der Waals surface area (Å²) in [5, 5.41) is 9.27. The van der Waals surface area contributed by atoms with Crippen LogP contribution in [0.15, 0.2) is 60.7 Å². The topological polar surface area (TPSA) is 144 Å². The van der Waals surface area contributed by atoms with Crippen molar-refractivity contribution in [1.29, 1.82) is 5.41 Å². The zero-order valence-corrected chi connectivity index (χ0v) is 17.7. The lowest BCUT2D eigenvalue weighted by molar-refractivity contribution is 0.0997. The SMILES string of the molecule is COc1cccc(-c2cccc(-c3cc4c([nH]c5ccc(N)c(C=N)c54)c(C(N)=O)n3)n2)c1. The highest BCUT2D eigenvalue weighted by Crippen LogP contribution is 2.34. The average molecular weight is 436 g/mol. The summed E-state index contributed by atoms with van der Waals surface area (Å²) in [4.78, 5) is 24.8. The Morgan fingerprint density at radius 3 is 2.58 bits per heavy atom. The second-order valence-corrected chi connectivity index (χ2v) is 7.54. The molecule has 162 valence electrons. The number of aromatic amines is 1. The molecule has 5 aromatic rings. The molecule has 0 saturated heterocycles. The van der Waals surface area contributed by atoms with E-state index in [1.807, 2.05) is 54.6 Å². The number of fused-ring (bicyclic) bond motifs is 3. The van der Waals surface area contributed by atoms with Gasteiger partial charge in [-0.3, -0.25) is 4.79 Å². The second-order valence-electron chi connectivity index (χ2n) is 7.54. The molecule has 2 aromatic carbocycles. The van der Waals surface area contributed by atoms with Crippen molar-refractivity contribution < 1.29 is 9.53 Å². The van der Waals surface area contributed by atoms with Gasteiger partial charge in [0.2, 0.25) is 0 Å². The minimum atomic E-state index is -0.665. The van der Waals surface area contributed by atoms with Crippen molar-refractivity contribution >= 4 is 39.6 Å². The quantitative estimate of drug-likeness (QED) is 0.242. The van der Waals surface area contributed by atoms with Crippen molar-refractivity contribution in [2.45, 2.75) is 0 Å². The minimum absolute atomic E-state index is 0.0989.